The van der Waals surface area contributed by atoms with Gasteiger partial charge in [0.1, 0.15) is 11.2 Å². The molecular weight excluding hydrogens is 775 g/mol. The summed E-state index contributed by atoms with van der Waals surface area (Å²) in [6, 6.07) is 89.6. The number of hydrogen-bond donors (Lipinski definition) is 0. The van der Waals surface area contributed by atoms with Crippen molar-refractivity contribution in [2.75, 3.05) is 4.90 Å². The lowest BCUT2D eigenvalue weighted by molar-refractivity contribution is 0.670. The van der Waals surface area contributed by atoms with Gasteiger partial charge in [0.15, 0.2) is 0 Å². The van der Waals surface area contributed by atoms with Crippen LogP contribution in [0, 0.1) is 0 Å². The standard InChI is InChI=1S/C62H41NO/c1-3-20-48-44(16-1)18-13-27-49(48)46-36-34-42(35-37-46)43-38-40-47(41-39-43)63(60-32-11-8-25-55(60)57-29-15-30-58-56-26-9-12-33-61(56)64-62(57)58)59-31-10-7-24-54(59)53-23-6-5-22-52(53)51-28-14-19-45-17-2-4-21-50(45)51/h1-41H. The van der Waals surface area contributed by atoms with Gasteiger partial charge < -0.3 is 9.32 Å². The molecule has 12 rings (SSSR count). The molecule has 0 saturated heterocycles. The molecule has 1 heterocycles. The maximum Gasteiger partial charge on any atom is 0.143 e. The molecule has 0 radical (unpaired) electrons. The third kappa shape index (κ3) is 6.44. The molecule has 0 atom stereocenters. The highest BCUT2D eigenvalue weighted by Gasteiger charge is 2.24. The Morgan fingerprint density at radius 2 is 0.656 bits per heavy atom. The zero-order chi connectivity index (χ0) is 42.4. The third-order valence-corrected chi connectivity index (χ3v) is 12.7. The molecule has 0 aliphatic heterocycles. The Balaban J connectivity index is 1.02. The maximum absolute atomic E-state index is 6.68. The van der Waals surface area contributed by atoms with Crippen molar-refractivity contribution in [3.05, 3.63) is 249 Å². The van der Waals surface area contributed by atoms with E-state index in [4.69, 9.17) is 4.42 Å². The highest BCUT2D eigenvalue weighted by molar-refractivity contribution is 6.11. The van der Waals surface area contributed by atoms with Crippen molar-refractivity contribution in [1.29, 1.82) is 0 Å². The van der Waals surface area contributed by atoms with Crippen LogP contribution in [0.15, 0.2) is 253 Å². The van der Waals surface area contributed by atoms with Gasteiger partial charge in [-0.3, -0.25) is 0 Å². The van der Waals surface area contributed by atoms with E-state index < -0.39 is 0 Å². The number of anilines is 3. The summed E-state index contributed by atoms with van der Waals surface area (Å²) in [5, 5.41) is 7.19. The minimum Gasteiger partial charge on any atom is -0.455 e. The molecule has 0 N–H and O–H groups in total. The van der Waals surface area contributed by atoms with Gasteiger partial charge in [-0.25, -0.2) is 0 Å². The normalized spacial score (nSPS) is 11.4. The molecule has 0 saturated carbocycles. The molecule has 0 spiro atoms. The average molecular weight is 816 g/mol. The van der Waals surface area contributed by atoms with Crippen LogP contribution in [-0.2, 0) is 0 Å². The van der Waals surface area contributed by atoms with Crippen LogP contribution in [0.5, 0.6) is 0 Å². The Hall–Kier alpha value is -8.46. The quantitative estimate of drug-likeness (QED) is 0.152. The molecule has 1 aromatic heterocycles. The van der Waals surface area contributed by atoms with Crippen LogP contribution in [-0.4, -0.2) is 0 Å². The van der Waals surface area contributed by atoms with Crippen molar-refractivity contribution >= 4 is 60.5 Å². The molecule has 0 fully saturated rings. The number of nitrogens with zero attached hydrogens (tertiary/aromatic N) is 1. The molecule has 0 unspecified atom stereocenters. The van der Waals surface area contributed by atoms with Crippen LogP contribution >= 0.6 is 0 Å². The molecule has 300 valence electrons. The van der Waals surface area contributed by atoms with E-state index in [0.717, 1.165) is 61.3 Å². The van der Waals surface area contributed by atoms with Crippen LogP contribution < -0.4 is 4.90 Å². The van der Waals surface area contributed by atoms with Crippen molar-refractivity contribution in [3.8, 4) is 55.6 Å². The molecule has 0 aliphatic carbocycles. The highest BCUT2D eigenvalue weighted by atomic mass is 16.3. The summed E-state index contributed by atoms with van der Waals surface area (Å²) >= 11 is 0. The molecule has 12 aromatic rings. The van der Waals surface area contributed by atoms with E-state index in [1.54, 1.807) is 0 Å². The van der Waals surface area contributed by atoms with Gasteiger partial charge in [0, 0.05) is 33.2 Å². The summed E-state index contributed by atoms with van der Waals surface area (Å²) in [4.78, 5) is 2.43. The lowest BCUT2D eigenvalue weighted by atomic mass is 9.90. The first kappa shape index (κ1) is 37.3. The predicted molar refractivity (Wildman–Crippen MR) is 271 cm³/mol. The van der Waals surface area contributed by atoms with Crippen LogP contribution in [0.3, 0.4) is 0 Å². The van der Waals surface area contributed by atoms with Crippen molar-refractivity contribution in [3.63, 3.8) is 0 Å². The Morgan fingerprint density at radius 1 is 0.250 bits per heavy atom. The Kier molecular flexibility index (Phi) is 9.20. The smallest absolute Gasteiger partial charge is 0.143 e. The molecule has 0 amide bonds. The van der Waals surface area contributed by atoms with Crippen molar-refractivity contribution in [2.24, 2.45) is 0 Å². The third-order valence-electron chi connectivity index (χ3n) is 12.7. The van der Waals surface area contributed by atoms with E-state index in [1.807, 2.05) is 6.07 Å². The summed E-state index contributed by atoms with van der Waals surface area (Å²) in [6.07, 6.45) is 0. The highest BCUT2D eigenvalue weighted by Crippen LogP contribution is 2.48. The zero-order valence-corrected chi connectivity index (χ0v) is 35.0. The lowest BCUT2D eigenvalue weighted by Crippen LogP contribution is -2.12. The first-order valence-corrected chi connectivity index (χ1v) is 21.9. The van der Waals surface area contributed by atoms with Gasteiger partial charge in [0.05, 0.1) is 11.4 Å². The summed E-state index contributed by atoms with van der Waals surface area (Å²) in [5.74, 6) is 0. The summed E-state index contributed by atoms with van der Waals surface area (Å²) in [6.45, 7) is 0. The van der Waals surface area contributed by atoms with Crippen molar-refractivity contribution in [1.82, 2.24) is 0 Å². The molecule has 0 bridgehead atoms. The maximum atomic E-state index is 6.68. The monoisotopic (exact) mass is 815 g/mol. The van der Waals surface area contributed by atoms with E-state index in [1.165, 1.54) is 54.9 Å². The van der Waals surface area contributed by atoms with Crippen LogP contribution in [0.25, 0.3) is 99.1 Å². The fourth-order valence-corrected chi connectivity index (χ4v) is 9.70. The van der Waals surface area contributed by atoms with Gasteiger partial charge in [0.25, 0.3) is 0 Å². The van der Waals surface area contributed by atoms with Crippen LogP contribution in [0.1, 0.15) is 0 Å². The van der Waals surface area contributed by atoms with E-state index in [0.29, 0.717) is 0 Å². The molecule has 64 heavy (non-hydrogen) atoms. The number of para-hydroxylation sites is 4. The summed E-state index contributed by atoms with van der Waals surface area (Å²) < 4.78 is 6.68. The Morgan fingerprint density at radius 3 is 1.33 bits per heavy atom. The lowest BCUT2D eigenvalue weighted by Gasteiger charge is -2.30. The Labute approximate surface area is 372 Å². The topological polar surface area (TPSA) is 16.4 Å². The Bertz CT molecular complexity index is 3660. The molecular formula is C62H41NO. The molecule has 11 aromatic carbocycles. The van der Waals surface area contributed by atoms with E-state index in [-0.39, 0.29) is 0 Å². The van der Waals surface area contributed by atoms with Crippen molar-refractivity contribution < 1.29 is 4.42 Å². The van der Waals surface area contributed by atoms with Crippen LogP contribution in [0.4, 0.5) is 17.1 Å². The predicted octanol–water partition coefficient (Wildman–Crippen LogP) is 17.7. The van der Waals surface area contributed by atoms with Gasteiger partial charge >= 0.3 is 0 Å². The molecule has 2 heteroatoms. The van der Waals surface area contributed by atoms with Crippen LogP contribution in [0.2, 0.25) is 0 Å². The summed E-state index contributed by atoms with van der Waals surface area (Å²) in [7, 11) is 0. The molecule has 2 nitrogen and oxygen atoms in total. The molecule has 0 aliphatic rings. The fourth-order valence-electron chi connectivity index (χ4n) is 9.70. The summed E-state index contributed by atoms with van der Waals surface area (Å²) in [5.41, 5.74) is 16.6. The number of benzene rings is 11. The van der Waals surface area contributed by atoms with E-state index >= 15 is 0 Å². The van der Waals surface area contributed by atoms with Gasteiger partial charge in [-0.15, -0.1) is 0 Å². The second kappa shape index (κ2) is 15.8. The second-order valence-electron chi connectivity index (χ2n) is 16.4. The zero-order valence-electron chi connectivity index (χ0n) is 35.0. The SMILES string of the molecule is c1ccc(-c2cccc3ccccc23)c(-c2ccccc2N(c2ccc(-c3ccc(-c4cccc5ccccc45)cc3)cc2)c2ccccc2-c2cccc3c2oc2ccccc23)c1. The number of rotatable bonds is 8. The van der Waals surface area contributed by atoms with Gasteiger partial charge in [-0.2, -0.15) is 0 Å². The van der Waals surface area contributed by atoms with Gasteiger partial charge in [-0.05, 0) is 90.8 Å². The number of fused-ring (bicyclic) bond motifs is 5. The van der Waals surface area contributed by atoms with E-state index in [2.05, 4.69) is 248 Å². The average Bonchev–Trinajstić information content (AvgIpc) is 3.76. The number of hydrogen-bond acceptors (Lipinski definition) is 2. The number of furan rings is 1. The van der Waals surface area contributed by atoms with Crippen molar-refractivity contribution in [2.45, 2.75) is 0 Å². The second-order valence-corrected chi connectivity index (χ2v) is 16.4. The van der Waals surface area contributed by atoms with Gasteiger partial charge in [-0.1, -0.05) is 218 Å². The minimum atomic E-state index is 0.882. The first-order chi connectivity index (χ1) is 31.8. The largest absolute Gasteiger partial charge is 0.455 e. The fraction of sp³-hybridized carbons (Fsp3) is 0. The minimum absolute atomic E-state index is 0.882. The first-order valence-electron chi connectivity index (χ1n) is 21.9. The van der Waals surface area contributed by atoms with Gasteiger partial charge in [0.2, 0.25) is 0 Å². The van der Waals surface area contributed by atoms with E-state index in [9.17, 15) is 0 Å².